The smallest absolute Gasteiger partial charge is 0.384 e. The number of sulfonamides is 1. The largest absolute Gasteiger partial charge is 0.390 e. The molecule has 1 atom stereocenters. The lowest BCUT2D eigenvalue weighted by Crippen LogP contribution is -2.36. The van der Waals surface area contributed by atoms with E-state index in [1.165, 1.54) is 19.1 Å². The molecule has 4 nitrogen and oxygen atoms in total. The Hall–Kier alpha value is -1.28. The number of hydrogen-bond acceptors (Lipinski definition) is 3. The Balaban J connectivity index is 2.94. The molecule has 0 amide bonds. The van der Waals surface area contributed by atoms with E-state index in [4.69, 9.17) is 0 Å². The summed E-state index contributed by atoms with van der Waals surface area (Å²) in [6.07, 6.45) is -5.63. The highest BCUT2D eigenvalue weighted by atomic mass is 32.2. The van der Waals surface area contributed by atoms with E-state index in [1.54, 1.807) is 19.1 Å². The quantitative estimate of drug-likeness (QED) is 0.849. The van der Waals surface area contributed by atoms with Crippen LogP contribution in [0.15, 0.2) is 29.2 Å². The van der Waals surface area contributed by atoms with Gasteiger partial charge in [-0.05, 0) is 26.0 Å². The third-order valence-corrected chi connectivity index (χ3v) is 4.09. The molecule has 0 aromatic heterocycles. The molecule has 1 aromatic carbocycles. The Morgan fingerprint density at radius 2 is 1.85 bits per heavy atom. The zero-order valence-electron chi connectivity index (χ0n) is 11.2. The molecular weight excluding hydrogens is 293 g/mol. The van der Waals surface area contributed by atoms with Crippen LogP contribution in [0.3, 0.4) is 0 Å². The van der Waals surface area contributed by atoms with E-state index in [2.05, 4.69) is 5.32 Å². The molecule has 0 heterocycles. The Morgan fingerprint density at radius 3 is 2.40 bits per heavy atom. The first-order valence-corrected chi connectivity index (χ1v) is 7.56. The molecule has 2 N–H and O–H groups in total. The van der Waals surface area contributed by atoms with Gasteiger partial charge in [0.25, 0.3) is 0 Å². The molecule has 0 bridgehead atoms. The molecule has 0 aliphatic rings. The topological polar surface area (TPSA) is 58.2 Å². The SMILES string of the molecule is CCNc1ccccc1S(=O)(=O)NC(C)CC(F)(F)F. The van der Waals surface area contributed by atoms with E-state index in [0.29, 0.717) is 12.2 Å². The second kappa shape index (κ2) is 6.45. The Kier molecular flexibility index (Phi) is 5.41. The highest BCUT2D eigenvalue weighted by Crippen LogP contribution is 2.24. The molecule has 20 heavy (non-hydrogen) atoms. The van der Waals surface area contributed by atoms with Crippen LogP contribution in [0.4, 0.5) is 18.9 Å². The maximum absolute atomic E-state index is 12.2. The van der Waals surface area contributed by atoms with E-state index in [-0.39, 0.29) is 4.90 Å². The highest BCUT2D eigenvalue weighted by molar-refractivity contribution is 7.89. The maximum atomic E-state index is 12.2. The lowest BCUT2D eigenvalue weighted by atomic mass is 10.2. The van der Waals surface area contributed by atoms with Crippen molar-refractivity contribution < 1.29 is 21.6 Å². The van der Waals surface area contributed by atoms with Gasteiger partial charge in [-0.25, -0.2) is 13.1 Å². The molecule has 0 saturated carbocycles. The molecule has 1 unspecified atom stereocenters. The van der Waals surface area contributed by atoms with Gasteiger partial charge in [0.2, 0.25) is 10.0 Å². The fourth-order valence-corrected chi connectivity index (χ4v) is 3.18. The zero-order chi connectivity index (χ0) is 15.4. The molecule has 1 rings (SSSR count). The van der Waals surface area contributed by atoms with E-state index >= 15 is 0 Å². The van der Waals surface area contributed by atoms with Crippen molar-refractivity contribution in [3.63, 3.8) is 0 Å². The molecule has 0 fully saturated rings. The number of benzene rings is 1. The zero-order valence-corrected chi connectivity index (χ0v) is 12.0. The summed E-state index contributed by atoms with van der Waals surface area (Å²) in [6.45, 7) is 3.48. The van der Waals surface area contributed by atoms with Gasteiger partial charge in [-0.3, -0.25) is 0 Å². The minimum Gasteiger partial charge on any atom is -0.384 e. The fourth-order valence-electron chi connectivity index (χ4n) is 1.75. The van der Waals surface area contributed by atoms with Crippen LogP contribution in [-0.4, -0.2) is 27.2 Å². The van der Waals surface area contributed by atoms with Crippen LogP contribution < -0.4 is 10.0 Å². The molecule has 1 aromatic rings. The molecule has 0 radical (unpaired) electrons. The predicted molar refractivity (Wildman–Crippen MR) is 71.1 cm³/mol. The predicted octanol–water partition coefficient (Wildman–Crippen LogP) is 2.74. The van der Waals surface area contributed by atoms with Crippen LogP contribution in [0, 0.1) is 0 Å². The summed E-state index contributed by atoms with van der Waals surface area (Å²) in [4.78, 5) is -0.0594. The van der Waals surface area contributed by atoms with Crippen molar-refractivity contribution in [3.05, 3.63) is 24.3 Å². The standard InChI is InChI=1S/C12H17F3N2O2S/c1-3-16-10-6-4-5-7-11(10)20(18,19)17-9(2)8-12(13,14)15/h4-7,9,16-17H,3,8H2,1-2H3. The van der Waals surface area contributed by atoms with Crippen molar-refractivity contribution in [2.75, 3.05) is 11.9 Å². The number of nitrogens with one attached hydrogen (secondary N) is 2. The summed E-state index contributed by atoms with van der Waals surface area (Å²) in [5.41, 5.74) is 0.363. The number of halogens is 3. The highest BCUT2D eigenvalue weighted by Gasteiger charge is 2.32. The van der Waals surface area contributed by atoms with Gasteiger partial charge in [0.1, 0.15) is 4.90 Å². The van der Waals surface area contributed by atoms with Crippen LogP contribution >= 0.6 is 0 Å². The minimum atomic E-state index is -4.41. The Labute approximate surface area is 116 Å². The molecule has 0 saturated heterocycles. The summed E-state index contributed by atoms with van der Waals surface area (Å²) in [6, 6.07) is 4.85. The second-order valence-corrected chi connectivity index (χ2v) is 6.05. The van der Waals surface area contributed by atoms with E-state index in [1.807, 2.05) is 4.72 Å². The van der Waals surface area contributed by atoms with Gasteiger partial charge in [-0.2, -0.15) is 13.2 Å². The van der Waals surface area contributed by atoms with Crippen LogP contribution in [0.5, 0.6) is 0 Å². The lowest BCUT2D eigenvalue weighted by Gasteiger charge is -2.17. The van der Waals surface area contributed by atoms with E-state index in [9.17, 15) is 21.6 Å². The number of para-hydroxylation sites is 1. The van der Waals surface area contributed by atoms with Crippen LogP contribution in [0.1, 0.15) is 20.3 Å². The maximum Gasteiger partial charge on any atom is 0.390 e. The van der Waals surface area contributed by atoms with Crippen molar-refractivity contribution in [2.24, 2.45) is 0 Å². The first kappa shape index (κ1) is 16.8. The monoisotopic (exact) mass is 310 g/mol. The Morgan fingerprint density at radius 1 is 1.25 bits per heavy atom. The van der Waals surface area contributed by atoms with Gasteiger partial charge in [-0.1, -0.05) is 12.1 Å². The first-order chi connectivity index (χ1) is 9.15. The van der Waals surface area contributed by atoms with Gasteiger partial charge < -0.3 is 5.32 Å². The Bertz CT molecular complexity index is 544. The minimum absolute atomic E-state index is 0.0594. The van der Waals surface area contributed by atoms with Crippen molar-refractivity contribution >= 4 is 15.7 Å². The number of rotatable bonds is 6. The van der Waals surface area contributed by atoms with Gasteiger partial charge in [0.15, 0.2) is 0 Å². The number of alkyl halides is 3. The molecule has 8 heteroatoms. The van der Waals surface area contributed by atoms with Crippen LogP contribution in [0.25, 0.3) is 0 Å². The van der Waals surface area contributed by atoms with Crippen molar-refractivity contribution in [1.29, 1.82) is 0 Å². The van der Waals surface area contributed by atoms with Crippen LogP contribution in [0.2, 0.25) is 0 Å². The van der Waals surface area contributed by atoms with Crippen molar-refractivity contribution in [2.45, 2.75) is 37.4 Å². The first-order valence-electron chi connectivity index (χ1n) is 6.07. The third-order valence-electron chi connectivity index (χ3n) is 2.44. The molecule has 0 aliphatic carbocycles. The molecule has 0 aliphatic heterocycles. The van der Waals surface area contributed by atoms with Gasteiger partial charge >= 0.3 is 6.18 Å². The van der Waals surface area contributed by atoms with E-state index < -0.39 is 28.7 Å². The number of anilines is 1. The molecule has 0 spiro atoms. The fraction of sp³-hybridized carbons (Fsp3) is 0.500. The van der Waals surface area contributed by atoms with Gasteiger partial charge in [0.05, 0.1) is 12.1 Å². The average Bonchev–Trinajstić information content (AvgIpc) is 2.26. The summed E-state index contributed by atoms with van der Waals surface area (Å²) >= 11 is 0. The summed E-state index contributed by atoms with van der Waals surface area (Å²) in [7, 11) is -4.00. The summed E-state index contributed by atoms with van der Waals surface area (Å²) in [5, 5.41) is 2.86. The summed E-state index contributed by atoms with van der Waals surface area (Å²) in [5.74, 6) is 0. The molecule has 114 valence electrons. The van der Waals surface area contributed by atoms with Gasteiger partial charge in [-0.15, -0.1) is 0 Å². The average molecular weight is 310 g/mol. The normalized spacial score (nSPS) is 14.1. The molecular formula is C12H17F3N2O2S. The van der Waals surface area contributed by atoms with Crippen molar-refractivity contribution in [1.82, 2.24) is 4.72 Å². The third kappa shape index (κ3) is 5.01. The van der Waals surface area contributed by atoms with Gasteiger partial charge in [0, 0.05) is 12.6 Å². The van der Waals surface area contributed by atoms with Crippen LogP contribution in [-0.2, 0) is 10.0 Å². The van der Waals surface area contributed by atoms with E-state index in [0.717, 1.165) is 0 Å². The second-order valence-electron chi connectivity index (χ2n) is 4.37. The number of hydrogen-bond donors (Lipinski definition) is 2. The lowest BCUT2D eigenvalue weighted by molar-refractivity contribution is -0.137. The summed E-state index contributed by atoms with van der Waals surface area (Å²) < 4.78 is 63.0. The van der Waals surface area contributed by atoms with Crippen molar-refractivity contribution in [3.8, 4) is 0 Å².